The van der Waals surface area contributed by atoms with Gasteiger partial charge >= 0.3 is 5.97 Å². The molecule has 1 rings (SSSR count). The van der Waals surface area contributed by atoms with E-state index in [1.807, 2.05) is 6.92 Å². The van der Waals surface area contributed by atoms with Crippen LogP contribution in [0.25, 0.3) is 0 Å². The summed E-state index contributed by atoms with van der Waals surface area (Å²) < 4.78 is 5.34. The molecule has 2 atom stereocenters. The highest BCUT2D eigenvalue weighted by molar-refractivity contribution is 5.66. The molecule has 0 bridgehead atoms. The molecule has 2 unspecified atom stereocenters. The average molecular weight is 276 g/mol. The number of hydrogen-bond donors (Lipinski definition) is 1. The summed E-state index contributed by atoms with van der Waals surface area (Å²) in [6.07, 6.45) is 2.90. The average Bonchev–Trinajstić information content (AvgIpc) is 2.32. The summed E-state index contributed by atoms with van der Waals surface area (Å²) in [4.78, 5) is 11.2. The molecule has 1 N–H and O–H groups in total. The van der Waals surface area contributed by atoms with Gasteiger partial charge < -0.3 is 9.84 Å². The SMILES string of the molecule is C=CC(C)(O)C#CC1=C(C)C(OC(C)=O)CCC1(C)C. The van der Waals surface area contributed by atoms with Crippen LogP contribution in [0.4, 0.5) is 0 Å². The van der Waals surface area contributed by atoms with E-state index in [2.05, 4.69) is 32.3 Å². The number of carbonyl (C=O) groups excluding carboxylic acids is 1. The fourth-order valence-electron chi connectivity index (χ4n) is 2.38. The molecule has 0 spiro atoms. The van der Waals surface area contributed by atoms with Gasteiger partial charge in [-0.2, -0.15) is 0 Å². The molecule has 0 fully saturated rings. The number of ether oxygens (including phenoxy) is 1. The van der Waals surface area contributed by atoms with Crippen molar-refractivity contribution in [1.82, 2.24) is 0 Å². The Balaban J connectivity index is 3.20. The standard InChI is InChI=1S/C17H24O3/c1-7-17(6,19)11-8-14-12(2)15(20-13(3)18)9-10-16(14,4)5/h7,15,19H,1,9-10H2,2-6H3. The maximum Gasteiger partial charge on any atom is 0.303 e. The monoisotopic (exact) mass is 276 g/mol. The molecule has 0 radical (unpaired) electrons. The zero-order chi connectivity index (χ0) is 15.6. The fourth-order valence-corrected chi connectivity index (χ4v) is 2.38. The van der Waals surface area contributed by atoms with Gasteiger partial charge in [-0.15, -0.1) is 0 Å². The fraction of sp³-hybridized carbons (Fsp3) is 0.588. The third-order valence-electron chi connectivity index (χ3n) is 3.73. The van der Waals surface area contributed by atoms with Gasteiger partial charge in [-0.3, -0.25) is 4.79 Å². The third-order valence-corrected chi connectivity index (χ3v) is 3.73. The number of rotatable bonds is 2. The van der Waals surface area contributed by atoms with Crippen LogP contribution >= 0.6 is 0 Å². The third kappa shape index (κ3) is 3.98. The molecular weight excluding hydrogens is 252 g/mol. The molecule has 0 aromatic rings. The molecule has 3 heteroatoms. The first kappa shape index (κ1) is 16.5. The zero-order valence-electron chi connectivity index (χ0n) is 13.0. The summed E-state index contributed by atoms with van der Waals surface area (Å²) in [5.74, 6) is 5.62. The predicted octanol–water partition coefficient (Wildman–Crippen LogP) is 3.00. The van der Waals surface area contributed by atoms with E-state index in [1.165, 1.54) is 13.0 Å². The minimum absolute atomic E-state index is 0.0784. The molecule has 1 aliphatic rings. The lowest BCUT2D eigenvalue weighted by molar-refractivity contribution is -0.145. The molecule has 110 valence electrons. The van der Waals surface area contributed by atoms with E-state index in [4.69, 9.17) is 4.74 Å². The maximum absolute atomic E-state index is 11.2. The van der Waals surface area contributed by atoms with Crippen molar-refractivity contribution >= 4 is 5.97 Å². The number of carbonyl (C=O) groups is 1. The smallest absolute Gasteiger partial charge is 0.303 e. The molecule has 0 aromatic carbocycles. The van der Waals surface area contributed by atoms with Gasteiger partial charge in [0.2, 0.25) is 0 Å². The summed E-state index contributed by atoms with van der Waals surface area (Å²) >= 11 is 0. The van der Waals surface area contributed by atoms with Gasteiger partial charge in [-0.1, -0.05) is 32.3 Å². The van der Waals surface area contributed by atoms with E-state index in [-0.39, 0.29) is 17.5 Å². The van der Waals surface area contributed by atoms with Crippen LogP contribution in [-0.4, -0.2) is 22.8 Å². The van der Waals surface area contributed by atoms with Crippen molar-refractivity contribution in [3.63, 3.8) is 0 Å². The topological polar surface area (TPSA) is 46.5 Å². The van der Waals surface area contributed by atoms with E-state index in [9.17, 15) is 9.90 Å². The van der Waals surface area contributed by atoms with Crippen LogP contribution in [0.5, 0.6) is 0 Å². The van der Waals surface area contributed by atoms with Crippen molar-refractivity contribution in [3.8, 4) is 11.8 Å². The Labute approximate surface area is 121 Å². The highest BCUT2D eigenvalue weighted by atomic mass is 16.5. The summed E-state index contributed by atoms with van der Waals surface area (Å²) in [7, 11) is 0. The molecule has 0 saturated carbocycles. The summed E-state index contributed by atoms with van der Waals surface area (Å²) in [5, 5.41) is 9.92. The molecule has 0 amide bonds. The molecule has 1 aliphatic carbocycles. The lowest BCUT2D eigenvalue weighted by atomic mass is 9.72. The van der Waals surface area contributed by atoms with Crippen LogP contribution in [0, 0.1) is 17.3 Å². The predicted molar refractivity (Wildman–Crippen MR) is 79.9 cm³/mol. The van der Waals surface area contributed by atoms with E-state index < -0.39 is 5.60 Å². The highest BCUT2D eigenvalue weighted by Gasteiger charge is 2.34. The van der Waals surface area contributed by atoms with Crippen molar-refractivity contribution in [1.29, 1.82) is 0 Å². The lowest BCUT2D eigenvalue weighted by Gasteiger charge is -2.35. The minimum Gasteiger partial charge on any atom is -0.458 e. The highest BCUT2D eigenvalue weighted by Crippen LogP contribution is 2.40. The molecule has 0 saturated heterocycles. The number of allylic oxidation sites excluding steroid dienone is 1. The number of hydrogen-bond acceptors (Lipinski definition) is 3. The first-order valence-electron chi connectivity index (χ1n) is 6.86. The van der Waals surface area contributed by atoms with Gasteiger partial charge in [-0.25, -0.2) is 0 Å². The van der Waals surface area contributed by atoms with Crippen LogP contribution < -0.4 is 0 Å². The Morgan fingerprint density at radius 1 is 1.60 bits per heavy atom. The molecule has 0 aliphatic heterocycles. The van der Waals surface area contributed by atoms with Gasteiger partial charge in [0, 0.05) is 12.5 Å². The van der Waals surface area contributed by atoms with E-state index in [1.54, 1.807) is 6.92 Å². The summed E-state index contributed by atoms with van der Waals surface area (Å²) in [6.45, 7) is 12.8. The molecule has 3 nitrogen and oxygen atoms in total. The van der Waals surface area contributed by atoms with Gasteiger partial charge in [0.05, 0.1) is 0 Å². The second-order valence-electron chi connectivity index (χ2n) is 6.18. The largest absolute Gasteiger partial charge is 0.458 e. The Bertz CT molecular complexity index is 498. The van der Waals surface area contributed by atoms with Crippen LogP contribution in [0.2, 0.25) is 0 Å². The Kier molecular flexibility index (Phi) is 4.83. The van der Waals surface area contributed by atoms with Crippen molar-refractivity contribution < 1.29 is 14.6 Å². The lowest BCUT2D eigenvalue weighted by Crippen LogP contribution is -2.30. The normalized spacial score (nSPS) is 24.2. The number of esters is 1. The molecule has 0 aromatic heterocycles. The quantitative estimate of drug-likeness (QED) is 0.479. The van der Waals surface area contributed by atoms with Crippen molar-refractivity contribution in [3.05, 3.63) is 23.8 Å². The molecule has 0 heterocycles. The molecule has 20 heavy (non-hydrogen) atoms. The maximum atomic E-state index is 11.2. The minimum atomic E-state index is -1.21. The zero-order valence-corrected chi connectivity index (χ0v) is 13.0. The summed E-state index contributed by atoms with van der Waals surface area (Å²) in [6, 6.07) is 0. The van der Waals surface area contributed by atoms with Crippen LogP contribution in [0.3, 0.4) is 0 Å². The van der Waals surface area contributed by atoms with Crippen molar-refractivity contribution in [2.24, 2.45) is 5.41 Å². The van der Waals surface area contributed by atoms with Crippen molar-refractivity contribution in [2.45, 2.75) is 59.2 Å². The van der Waals surface area contributed by atoms with Gasteiger partial charge in [0.25, 0.3) is 0 Å². The van der Waals surface area contributed by atoms with Crippen LogP contribution in [-0.2, 0) is 9.53 Å². The van der Waals surface area contributed by atoms with Gasteiger partial charge in [-0.05, 0) is 43.8 Å². The Morgan fingerprint density at radius 2 is 2.20 bits per heavy atom. The van der Waals surface area contributed by atoms with Crippen molar-refractivity contribution in [2.75, 3.05) is 0 Å². The van der Waals surface area contributed by atoms with Gasteiger partial charge in [0.15, 0.2) is 0 Å². The van der Waals surface area contributed by atoms with E-state index in [0.717, 1.165) is 24.0 Å². The Hall–Kier alpha value is -1.53. The second-order valence-corrected chi connectivity index (χ2v) is 6.18. The first-order chi connectivity index (χ1) is 9.09. The van der Waals surface area contributed by atoms with E-state index >= 15 is 0 Å². The number of aliphatic hydroxyl groups is 1. The molecular formula is C17H24O3. The first-order valence-corrected chi connectivity index (χ1v) is 6.86. The second kappa shape index (κ2) is 5.85. The summed E-state index contributed by atoms with van der Waals surface area (Å²) in [5.41, 5.74) is 0.629. The van der Waals surface area contributed by atoms with Crippen LogP contribution in [0.15, 0.2) is 23.8 Å². The van der Waals surface area contributed by atoms with Gasteiger partial charge in [0.1, 0.15) is 11.7 Å². The van der Waals surface area contributed by atoms with E-state index in [0.29, 0.717) is 0 Å². The van der Waals surface area contributed by atoms with Crippen LogP contribution in [0.1, 0.15) is 47.5 Å². The Morgan fingerprint density at radius 3 is 2.70 bits per heavy atom.